The number of carboxylic acid groups (broad SMARTS) is 1. The van der Waals surface area contributed by atoms with E-state index in [1.807, 2.05) is 0 Å². The quantitative estimate of drug-likeness (QED) is 0.675. The van der Waals surface area contributed by atoms with Gasteiger partial charge < -0.3 is 9.52 Å². The zero-order chi connectivity index (χ0) is 13.6. The minimum absolute atomic E-state index is 0.0333. The van der Waals surface area contributed by atoms with Crippen molar-refractivity contribution in [3.05, 3.63) is 51.8 Å². The van der Waals surface area contributed by atoms with Gasteiger partial charge in [-0.3, -0.25) is 4.79 Å². The molecule has 0 aliphatic rings. The standard InChI is InChI=1S/C14H9NO4/c1-7-9(14(17)18)6-11-12(15-7)13(16)8-4-2-3-5-10(8)19-11/h2-6H,1H3,(H,17,18). The lowest BCUT2D eigenvalue weighted by Gasteiger charge is -2.04. The molecule has 5 heteroatoms. The van der Waals surface area contributed by atoms with E-state index in [2.05, 4.69) is 4.98 Å². The Hall–Kier alpha value is -2.69. The van der Waals surface area contributed by atoms with Gasteiger partial charge in [-0.2, -0.15) is 0 Å². The predicted molar refractivity (Wildman–Crippen MR) is 69.5 cm³/mol. The van der Waals surface area contributed by atoms with Crippen LogP contribution in [-0.4, -0.2) is 16.1 Å². The Balaban J connectivity index is 2.52. The highest BCUT2D eigenvalue weighted by Gasteiger charge is 2.14. The summed E-state index contributed by atoms with van der Waals surface area (Å²) < 4.78 is 5.55. The molecular weight excluding hydrogens is 246 g/mol. The van der Waals surface area contributed by atoms with Gasteiger partial charge in [0.05, 0.1) is 16.6 Å². The van der Waals surface area contributed by atoms with Gasteiger partial charge in [-0.1, -0.05) is 12.1 Å². The van der Waals surface area contributed by atoms with Crippen LogP contribution in [0.4, 0.5) is 0 Å². The highest BCUT2D eigenvalue weighted by atomic mass is 16.4. The van der Waals surface area contributed by atoms with E-state index in [0.717, 1.165) is 0 Å². The third kappa shape index (κ3) is 1.67. The number of carbonyl (C=O) groups is 1. The zero-order valence-electron chi connectivity index (χ0n) is 10.0. The number of aryl methyl sites for hydroxylation is 1. The maximum Gasteiger partial charge on any atom is 0.337 e. The van der Waals surface area contributed by atoms with Gasteiger partial charge >= 0.3 is 5.97 Å². The predicted octanol–water partition coefficient (Wildman–Crippen LogP) is 2.35. The van der Waals surface area contributed by atoms with Crippen LogP contribution in [0, 0.1) is 6.92 Å². The molecule has 0 atom stereocenters. The van der Waals surface area contributed by atoms with Crippen molar-refractivity contribution in [1.29, 1.82) is 0 Å². The van der Waals surface area contributed by atoms with E-state index in [1.165, 1.54) is 6.07 Å². The molecule has 0 fully saturated rings. The molecule has 0 saturated carbocycles. The highest BCUT2D eigenvalue weighted by molar-refractivity contribution is 5.94. The second-order valence-electron chi connectivity index (χ2n) is 4.20. The van der Waals surface area contributed by atoms with Gasteiger partial charge in [-0.25, -0.2) is 9.78 Å². The molecule has 1 aromatic carbocycles. The number of nitrogens with zero attached hydrogens (tertiary/aromatic N) is 1. The summed E-state index contributed by atoms with van der Waals surface area (Å²) in [6, 6.07) is 8.15. The topological polar surface area (TPSA) is 80.4 Å². The Labute approximate surface area is 107 Å². The number of para-hydroxylation sites is 1. The summed E-state index contributed by atoms with van der Waals surface area (Å²) in [6.45, 7) is 1.55. The third-order valence-corrected chi connectivity index (χ3v) is 2.98. The van der Waals surface area contributed by atoms with Gasteiger partial charge in [0, 0.05) is 0 Å². The van der Waals surface area contributed by atoms with Gasteiger partial charge in [0.2, 0.25) is 5.43 Å². The second-order valence-corrected chi connectivity index (χ2v) is 4.20. The number of hydrogen-bond acceptors (Lipinski definition) is 4. The Bertz CT molecular complexity index is 880. The van der Waals surface area contributed by atoms with Crippen molar-refractivity contribution in [2.24, 2.45) is 0 Å². The smallest absolute Gasteiger partial charge is 0.337 e. The molecule has 94 valence electrons. The van der Waals surface area contributed by atoms with Gasteiger partial charge in [-0.15, -0.1) is 0 Å². The minimum atomic E-state index is -1.09. The van der Waals surface area contributed by atoms with E-state index in [4.69, 9.17) is 9.52 Å². The van der Waals surface area contributed by atoms with E-state index in [-0.39, 0.29) is 22.1 Å². The Morgan fingerprint density at radius 2 is 2.00 bits per heavy atom. The number of pyridine rings is 1. The van der Waals surface area contributed by atoms with E-state index >= 15 is 0 Å². The van der Waals surface area contributed by atoms with Crippen LogP contribution >= 0.6 is 0 Å². The van der Waals surface area contributed by atoms with E-state index < -0.39 is 5.97 Å². The molecule has 0 radical (unpaired) electrons. The molecule has 0 saturated heterocycles. The normalized spacial score (nSPS) is 11.0. The van der Waals surface area contributed by atoms with Crippen LogP contribution in [0.15, 0.2) is 39.5 Å². The average Bonchev–Trinajstić information content (AvgIpc) is 2.39. The molecular formula is C14H9NO4. The molecule has 0 spiro atoms. The monoisotopic (exact) mass is 255 g/mol. The van der Waals surface area contributed by atoms with Crippen molar-refractivity contribution in [1.82, 2.24) is 4.98 Å². The summed E-state index contributed by atoms with van der Waals surface area (Å²) in [5, 5.41) is 9.48. The minimum Gasteiger partial charge on any atom is -0.478 e. The molecule has 0 amide bonds. The zero-order valence-corrected chi connectivity index (χ0v) is 10.0. The van der Waals surface area contributed by atoms with Crippen molar-refractivity contribution in [3.8, 4) is 0 Å². The van der Waals surface area contributed by atoms with Crippen molar-refractivity contribution < 1.29 is 14.3 Å². The number of aromatic carboxylic acids is 1. The maximum absolute atomic E-state index is 12.3. The van der Waals surface area contributed by atoms with Crippen LogP contribution in [0.25, 0.3) is 22.1 Å². The molecule has 0 aliphatic heterocycles. The van der Waals surface area contributed by atoms with E-state index in [0.29, 0.717) is 16.7 Å². The van der Waals surface area contributed by atoms with Crippen molar-refractivity contribution in [2.75, 3.05) is 0 Å². The van der Waals surface area contributed by atoms with Crippen LogP contribution in [0.2, 0.25) is 0 Å². The molecule has 3 rings (SSSR count). The van der Waals surface area contributed by atoms with Crippen LogP contribution in [0.5, 0.6) is 0 Å². The fraction of sp³-hybridized carbons (Fsp3) is 0.0714. The molecule has 2 aromatic heterocycles. The van der Waals surface area contributed by atoms with Gasteiger partial charge in [0.15, 0.2) is 11.1 Å². The summed E-state index contributed by atoms with van der Waals surface area (Å²) in [7, 11) is 0. The fourth-order valence-corrected chi connectivity index (χ4v) is 2.03. The number of benzene rings is 1. The lowest BCUT2D eigenvalue weighted by atomic mass is 10.1. The molecule has 0 aliphatic carbocycles. The molecule has 5 nitrogen and oxygen atoms in total. The first-order valence-electron chi connectivity index (χ1n) is 5.64. The molecule has 1 N–H and O–H groups in total. The van der Waals surface area contributed by atoms with Gasteiger partial charge in [-0.05, 0) is 25.1 Å². The first-order chi connectivity index (χ1) is 9.08. The summed E-state index contributed by atoms with van der Waals surface area (Å²) in [5.74, 6) is -1.09. The Morgan fingerprint density at radius 3 is 2.74 bits per heavy atom. The average molecular weight is 255 g/mol. The highest BCUT2D eigenvalue weighted by Crippen LogP contribution is 2.19. The largest absolute Gasteiger partial charge is 0.478 e. The first kappa shape index (κ1) is 11.4. The molecule has 0 unspecified atom stereocenters. The first-order valence-corrected chi connectivity index (χ1v) is 5.64. The van der Waals surface area contributed by atoms with E-state index in [9.17, 15) is 9.59 Å². The number of aromatic nitrogens is 1. The number of rotatable bonds is 1. The Morgan fingerprint density at radius 1 is 1.26 bits per heavy atom. The summed E-state index contributed by atoms with van der Waals surface area (Å²) in [4.78, 5) is 27.4. The van der Waals surface area contributed by atoms with Crippen LogP contribution in [0.3, 0.4) is 0 Å². The van der Waals surface area contributed by atoms with Crippen LogP contribution in [-0.2, 0) is 0 Å². The summed E-state index contributed by atoms with van der Waals surface area (Å²) in [5.41, 5.74) is 0.834. The molecule has 0 bridgehead atoms. The van der Waals surface area contributed by atoms with Gasteiger partial charge in [0.1, 0.15) is 5.58 Å². The Kier molecular flexibility index (Phi) is 2.35. The third-order valence-electron chi connectivity index (χ3n) is 2.98. The fourth-order valence-electron chi connectivity index (χ4n) is 2.03. The maximum atomic E-state index is 12.3. The summed E-state index contributed by atoms with van der Waals surface area (Å²) >= 11 is 0. The van der Waals surface area contributed by atoms with Crippen LogP contribution < -0.4 is 5.43 Å². The van der Waals surface area contributed by atoms with Crippen molar-refractivity contribution in [2.45, 2.75) is 6.92 Å². The van der Waals surface area contributed by atoms with E-state index in [1.54, 1.807) is 31.2 Å². The molecule has 19 heavy (non-hydrogen) atoms. The SMILES string of the molecule is Cc1nc2c(=O)c3ccccc3oc2cc1C(=O)O. The van der Waals surface area contributed by atoms with Crippen molar-refractivity contribution >= 4 is 28.0 Å². The number of fused-ring (bicyclic) bond motifs is 2. The van der Waals surface area contributed by atoms with Crippen LogP contribution in [0.1, 0.15) is 16.1 Å². The lowest BCUT2D eigenvalue weighted by Crippen LogP contribution is -2.08. The summed E-state index contributed by atoms with van der Waals surface area (Å²) in [6.07, 6.45) is 0. The number of hydrogen-bond donors (Lipinski definition) is 1. The number of carboxylic acids is 1. The molecule has 3 aromatic rings. The van der Waals surface area contributed by atoms with Gasteiger partial charge in [0.25, 0.3) is 0 Å². The molecule has 2 heterocycles. The van der Waals surface area contributed by atoms with Crippen molar-refractivity contribution in [3.63, 3.8) is 0 Å². The second kappa shape index (κ2) is 3.91. The lowest BCUT2D eigenvalue weighted by molar-refractivity contribution is 0.0695.